The Labute approximate surface area is 90.6 Å². The Balaban J connectivity index is 3.02. The second-order valence-electron chi connectivity index (χ2n) is 2.90. The van der Waals surface area contributed by atoms with E-state index in [4.69, 9.17) is 10.2 Å². The number of rotatable bonds is 4. The van der Waals surface area contributed by atoms with Crippen molar-refractivity contribution in [3.8, 4) is 0 Å². The van der Waals surface area contributed by atoms with Crippen LogP contribution in [0.5, 0.6) is 0 Å². The summed E-state index contributed by atoms with van der Waals surface area (Å²) in [6.07, 6.45) is 1.99. The zero-order chi connectivity index (χ0) is 12.1. The monoisotopic (exact) mass is 220 g/mol. The lowest BCUT2D eigenvalue weighted by Gasteiger charge is -1.98. The van der Waals surface area contributed by atoms with Crippen LogP contribution in [0.4, 0.5) is 0 Å². The Morgan fingerprint density at radius 1 is 1.06 bits per heavy atom. The summed E-state index contributed by atoms with van der Waals surface area (Å²) >= 11 is 0. The van der Waals surface area contributed by atoms with Gasteiger partial charge in [-0.2, -0.15) is 0 Å². The molecule has 0 amide bonds. The van der Waals surface area contributed by atoms with Gasteiger partial charge in [-0.3, -0.25) is 4.79 Å². The first-order chi connectivity index (χ1) is 7.52. The van der Waals surface area contributed by atoms with Gasteiger partial charge in [0.25, 0.3) is 5.78 Å². The lowest BCUT2D eigenvalue weighted by atomic mass is 10.1. The van der Waals surface area contributed by atoms with E-state index in [2.05, 4.69) is 0 Å². The van der Waals surface area contributed by atoms with E-state index in [9.17, 15) is 14.4 Å². The lowest BCUT2D eigenvalue weighted by Crippen LogP contribution is -2.08. The van der Waals surface area contributed by atoms with Gasteiger partial charge in [-0.05, 0) is 23.8 Å². The van der Waals surface area contributed by atoms with Gasteiger partial charge in [-0.15, -0.1) is 0 Å². The highest BCUT2D eigenvalue weighted by Gasteiger charge is 2.09. The average molecular weight is 220 g/mol. The maximum absolute atomic E-state index is 10.8. The number of carbonyl (C=O) groups is 3. The third kappa shape index (κ3) is 2.78. The van der Waals surface area contributed by atoms with Crippen LogP contribution in [0.25, 0.3) is 6.08 Å². The Morgan fingerprint density at radius 3 is 2.25 bits per heavy atom. The molecule has 0 heterocycles. The molecule has 0 spiro atoms. The maximum Gasteiger partial charge on any atom is 0.376 e. The SMILES string of the molecule is O=C(O)C(=O)/C=C/c1ccccc1C(=O)O. The normalized spacial score (nSPS) is 10.2. The highest BCUT2D eigenvalue weighted by molar-refractivity contribution is 6.38. The minimum Gasteiger partial charge on any atom is -0.478 e. The van der Waals surface area contributed by atoms with Crippen molar-refractivity contribution in [2.45, 2.75) is 0 Å². The van der Waals surface area contributed by atoms with Gasteiger partial charge in [0.1, 0.15) is 0 Å². The van der Waals surface area contributed by atoms with Crippen molar-refractivity contribution in [3.63, 3.8) is 0 Å². The summed E-state index contributed by atoms with van der Waals surface area (Å²) in [6.45, 7) is 0. The Morgan fingerprint density at radius 2 is 1.69 bits per heavy atom. The topological polar surface area (TPSA) is 91.7 Å². The van der Waals surface area contributed by atoms with E-state index in [-0.39, 0.29) is 11.1 Å². The van der Waals surface area contributed by atoms with E-state index in [0.717, 1.165) is 6.08 Å². The third-order valence-corrected chi connectivity index (χ3v) is 1.82. The molecule has 0 unspecified atom stereocenters. The van der Waals surface area contributed by atoms with Gasteiger partial charge in [0, 0.05) is 0 Å². The quantitative estimate of drug-likeness (QED) is 0.584. The van der Waals surface area contributed by atoms with Crippen molar-refractivity contribution in [2.75, 3.05) is 0 Å². The number of aromatic carboxylic acids is 1. The van der Waals surface area contributed by atoms with Crippen molar-refractivity contribution in [3.05, 3.63) is 41.5 Å². The molecule has 5 heteroatoms. The molecular formula is C11H8O5. The number of ketones is 1. The van der Waals surface area contributed by atoms with Crippen molar-refractivity contribution < 1.29 is 24.6 Å². The minimum atomic E-state index is -1.58. The largest absolute Gasteiger partial charge is 0.478 e. The molecule has 1 rings (SSSR count). The van der Waals surface area contributed by atoms with Crippen molar-refractivity contribution in [1.29, 1.82) is 0 Å². The van der Waals surface area contributed by atoms with Crippen LogP contribution < -0.4 is 0 Å². The third-order valence-electron chi connectivity index (χ3n) is 1.82. The average Bonchev–Trinajstić information content (AvgIpc) is 2.25. The number of hydrogen-bond donors (Lipinski definition) is 2. The summed E-state index contributed by atoms with van der Waals surface area (Å²) in [5.41, 5.74) is 0.293. The summed E-state index contributed by atoms with van der Waals surface area (Å²) in [5.74, 6) is -3.81. The summed E-state index contributed by atoms with van der Waals surface area (Å²) in [7, 11) is 0. The van der Waals surface area contributed by atoms with Gasteiger partial charge in [-0.1, -0.05) is 18.2 Å². The Bertz CT molecular complexity index is 473. The maximum atomic E-state index is 10.8. The smallest absolute Gasteiger partial charge is 0.376 e. The molecule has 16 heavy (non-hydrogen) atoms. The van der Waals surface area contributed by atoms with Crippen LogP contribution in [0.2, 0.25) is 0 Å². The molecule has 0 aliphatic rings. The van der Waals surface area contributed by atoms with Crippen molar-refractivity contribution >= 4 is 23.8 Å². The predicted molar refractivity (Wildman–Crippen MR) is 55.1 cm³/mol. The highest BCUT2D eigenvalue weighted by Crippen LogP contribution is 2.10. The number of benzene rings is 1. The summed E-state index contributed by atoms with van der Waals surface area (Å²) in [4.78, 5) is 31.8. The molecule has 0 aromatic heterocycles. The summed E-state index contributed by atoms with van der Waals surface area (Å²) in [6, 6.07) is 5.99. The van der Waals surface area contributed by atoms with Crippen LogP contribution in [-0.4, -0.2) is 27.9 Å². The molecule has 1 aromatic rings. The zero-order valence-electron chi connectivity index (χ0n) is 8.08. The van der Waals surface area contributed by atoms with Crippen LogP contribution in [0.3, 0.4) is 0 Å². The fraction of sp³-hybridized carbons (Fsp3) is 0. The number of aliphatic carboxylic acids is 1. The van der Waals surface area contributed by atoms with Crippen molar-refractivity contribution in [1.82, 2.24) is 0 Å². The second kappa shape index (κ2) is 4.88. The molecule has 0 radical (unpaired) electrons. The molecular weight excluding hydrogens is 212 g/mol. The first-order valence-electron chi connectivity index (χ1n) is 4.30. The molecule has 0 bridgehead atoms. The van der Waals surface area contributed by atoms with Crippen LogP contribution in [-0.2, 0) is 9.59 Å². The van der Waals surface area contributed by atoms with Crippen LogP contribution in [0.1, 0.15) is 15.9 Å². The fourth-order valence-corrected chi connectivity index (χ4v) is 1.07. The number of carboxylic acids is 2. The zero-order valence-corrected chi connectivity index (χ0v) is 8.08. The van der Waals surface area contributed by atoms with Gasteiger partial charge in [0.2, 0.25) is 0 Å². The molecule has 0 atom stereocenters. The lowest BCUT2D eigenvalue weighted by molar-refractivity contribution is -0.146. The molecule has 0 aliphatic carbocycles. The molecule has 82 valence electrons. The van der Waals surface area contributed by atoms with E-state index >= 15 is 0 Å². The first kappa shape index (κ1) is 11.6. The van der Waals surface area contributed by atoms with Crippen LogP contribution in [0, 0.1) is 0 Å². The molecule has 2 N–H and O–H groups in total. The molecule has 0 saturated carbocycles. The fourth-order valence-electron chi connectivity index (χ4n) is 1.07. The van der Waals surface area contributed by atoms with E-state index in [1.165, 1.54) is 18.2 Å². The van der Waals surface area contributed by atoms with Crippen molar-refractivity contribution in [2.24, 2.45) is 0 Å². The van der Waals surface area contributed by atoms with E-state index in [1.54, 1.807) is 12.1 Å². The molecule has 5 nitrogen and oxygen atoms in total. The summed E-state index contributed by atoms with van der Waals surface area (Å²) in [5, 5.41) is 17.1. The Hall–Kier alpha value is -2.43. The minimum absolute atomic E-state index is 0.0111. The highest BCUT2D eigenvalue weighted by atomic mass is 16.4. The van der Waals surface area contributed by atoms with E-state index in [0.29, 0.717) is 0 Å². The standard InChI is InChI=1S/C11H8O5/c12-9(11(15)16)6-5-7-3-1-2-4-8(7)10(13)14/h1-6H,(H,13,14)(H,15,16)/b6-5+. The first-order valence-corrected chi connectivity index (χ1v) is 4.30. The van der Waals surface area contributed by atoms with Crippen LogP contribution >= 0.6 is 0 Å². The molecule has 1 aromatic carbocycles. The van der Waals surface area contributed by atoms with E-state index < -0.39 is 17.7 Å². The second-order valence-corrected chi connectivity index (χ2v) is 2.90. The van der Waals surface area contributed by atoms with E-state index in [1.807, 2.05) is 0 Å². The van der Waals surface area contributed by atoms with Gasteiger partial charge >= 0.3 is 11.9 Å². The van der Waals surface area contributed by atoms with Gasteiger partial charge in [0.15, 0.2) is 0 Å². The Kier molecular flexibility index (Phi) is 3.55. The molecule has 0 saturated heterocycles. The van der Waals surface area contributed by atoms with Crippen LogP contribution in [0.15, 0.2) is 30.3 Å². The molecule has 0 fully saturated rings. The number of carboxylic acid groups (broad SMARTS) is 2. The van der Waals surface area contributed by atoms with Gasteiger partial charge in [0.05, 0.1) is 5.56 Å². The van der Waals surface area contributed by atoms with Gasteiger partial charge in [-0.25, -0.2) is 9.59 Å². The predicted octanol–water partition coefficient (Wildman–Crippen LogP) is 1.05. The summed E-state index contributed by atoms with van der Waals surface area (Å²) < 4.78 is 0. The van der Waals surface area contributed by atoms with Gasteiger partial charge < -0.3 is 10.2 Å². The number of hydrogen-bond acceptors (Lipinski definition) is 3. The number of carbonyl (C=O) groups excluding carboxylic acids is 1. The molecule has 0 aliphatic heterocycles.